The van der Waals surface area contributed by atoms with Gasteiger partial charge in [0.05, 0.1) is 16.9 Å². The van der Waals surface area contributed by atoms with Crippen molar-refractivity contribution in [2.45, 2.75) is 26.2 Å². The van der Waals surface area contributed by atoms with Gasteiger partial charge in [0.2, 0.25) is 11.8 Å². The minimum atomic E-state index is -0.499. The van der Waals surface area contributed by atoms with Crippen LogP contribution in [0.2, 0.25) is 0 Å². The number of nitrogens with two attached hydrogens (primary N) is 1. The van der Waals surface area contributed by atoms with Crippen LogP contribution in [-0.4, -0.2) is 16.8 Å². The number of hydrogen-bond acceptors (Lipinski definition) is 4. The van der Waals surface area contributed by atoms with Crippen LogP contribution >= 0.6 is 0 Å². The first kappa shape index (κ1) is 15.7. The zero-order chi connectivity index (χ0) is 17.3. The van der Waals surface area contributed by atoms with E-state index < -0.39 is 5.91 Å². The lowest BCUT2D eigenvalue weighted by Gasteiger charge is -2.20. The summed E-state index contributed by atoms with van der Waals surface area (Å²) in [6, 6.07) is 7.34. The minimum Gasteiger partial charge on any atom is -0.366 e. The van der Waals surface area contributed by atoms with Crippen molar-refractivity contribution in [3.8, 4) is 17.3 Å². The van der Waals surface area contributed by atoms with Crippen LogP contribution in [0.5, 0.6) is 0 Å². The van der Waals surface area contributed by atoms with Crippen molar-refractivity contribution in [2.24, 2.45) is 5.73 Å². The molecular weight excluding hydrogens is 304 g/mol. The Bertz CT molecular complexity index is 897. The number of amides is 2. The zero-order valence-corrected chi connectivity index (χ0v) is 13.2. The highest BCUT2D eigenvalue weighted by Crippen LogP contribution is 2.33. The molecule has 2 amide bonds. The third-order valence-corrected chi connectivity index (χ3v) is 4.17. The number of nitriles is 1. The van der Waals surface area contributed by atoms with Gasteiger partial charge in [-0.15, -0.1) is 0 Å². The highest BCUT2D eigenvalue weighted by atomic mass is 16.2. The van der Waals surface area contributed by atoms with E-state index in [1.807, 2.05) is 13.0 Å². The van der Waals surface area contributed by atoms with Crippen LogP contribution in [0.15, 0.2) is 24.4 Å². The van der Waals surface area contributed by atoms with Gasteiger partial charge >= 0.3 is 0 Å². The molecule has 6 nitrogen and oxygen atoms in total. The molecule has 2 heterocycles. The van der Waals surface area contributed by atoms with Gasteiger partial charge in [-0.25, -0.2) is 0 Å². The van der Waals surface area contributed by atoms with Crippen molar-refractivity contribution < 1.29 is 9.59 Å². The van der Waals surface area contributed by atoms with Crippen LogP contribution < -0.4 is 11.1 Å². The van der Waals surface area contributed by atoms with Gasteiger partial charge in [0.15, 0.2) is 0 Å². The highest BCUT2D eigenvalue weighted by Gasteiger charge is 2.21. The van der Waals surface area contributed by atoms with E-state index in [-0.39, 0.29) is 5.91 Å². The number of primary amides is 1. The number of aromatic nitrogens is 1. The van der Waals surface area contributed by atoms with E-state index in [1.54, 1.807) is 18.3 Å². The molecule has 3 N–H and O–H groups in total. The second-order valence-electron chi connectivity index (χ2n) is 5.62. The molecule has 3 rings (SSSR count). The molecule has 24 heavy (non-hydrogen) atoms. The van der Waals surface area contributed by atoms with Gasteiger partial charge in [0, 0.05) is 23.7 Å². The molecule has 0 saturated heterocycles. The predicted octanol–water partition coefficient (Wildman–Crippen LogP) is 2.17. The Morgan fingerprint density at radius 1 is 1.42 bits per heavy atom. The van der Waals surface area contributed by atoms with Crippen molar-refractivity contribution in [1.82, 2.24) is 4.98 Å². The van der Waals surface area contributed by atoms with Crippen LogP contribution in [0, 0.1) is 11.3 Å². The van der Waals surface area contributed by atoms with Crippen molar-refractivity contribution in [1.29, 1.82) is 5.26 Å². The molecule has 1 aromatic carbocycles. The van der Waals surface area contributed by atoms with E-state index in [0.29, 0.717) is 41.8 Å². The average molecular weight is 320 g/mol. The Morgan fingerprint density at radius 3 is 2.88 bits per heavy atom. The molecule has 0 saturated carbocycles. The number of pyridine rings is 1. The van der Waals surface area contributed by atoms with Gasteiger partial charge in [-0.3, -0.25) is 14.6 Å². The Kier molecular flexibility index (Phi) is 4.00. The molecule has 0 unspecified atom stereocenters. The quantitative estimate of drug-likeness (QED) is 0.903. The number of carbonyl (C=O) groups excluding carboxylic acids is 2. The summed E-state index contributed by atoms with van der Waals surface area (Å²) in [5.74, 6) is -0.587. The van der Waals surface area contributed by atoms with Crippen LogP contribution in [0.3, 0.4) is 0 Å². The second kappa shape index (κ2) is 6.13. The Balaban J connectivity index is 2.22. The molecule has 2 aromatic rings. The maximum absolute atomic E-state index is 11.7. The standard InChI is InChI=1S/C18H16N4O2/c1-2-13-14(18(20)24)5-6-21-17(13)11-7-10-3-4-15(23)22-16(10)12(8-11)9-19/h5-8H,2-4H2,1H3,(H2,20,24)(H,22,23). The van der Waals surface area contributed by atoms with E-state index in [4.69, 9.17) is 5.73 Å². The fourth-order valence-electron chi connectivity index (χ4n) is 3.05. The number of anilines is 1. The topological polar surface area (TPSA) is 109 Å². The number of fused-ring (bicyclic) bond motifs is 1. The SMILES string of the molecule is CCc1c(C(N)=O)ccnc1-c1cc(C#N)c2c(c1)CCC(=O)N2. The maximum atomic E-state index is 11.7. The molecule has 1 aliphatic rings. The van der Waals surface area contributed by atoms with Crippen molar-refractivity contribution in [2.75, 3.05) is 5.32 Å². The normalized spacial score (nSPS) is 12.9. The summed E-state index contributed by atoms with van der Waals surface area (Å²) in [5.41, 5.74) is 9.91. The predicted molar refractivity (Wildman–Crippen MR) is 89.2 cm³/mol. The zero-order valence-electron chi connectivity index (χ0n) is 13.2. The summed E-state index contributed by atoms with van der Waals surface area (Å²) in [6.45, 7) is 1.93. The molecule has 1 aliphatic heterocycles. The first-order valence-corrected chi connectivity index (χ1v) is 7.70. The summed E-state index contributed by atoms with van der Waals surface area (Å²) < 4.78 is 0. The molecule has 120 valence electrons. The maximum Gasteiger partial charge on any atom is 0.249 e. The third-order valence-electron chi connectivity index (χ3n) is 4.17. The number of benzene rings is 1. The molecule has 0 aliphatic carbocycles. The average Bonchev–Trinajstić information content (AvgIpc) is 2.59. The van der Waals surface area contributed by atoms with E-state index in [0.717, 1.165) is 16.7 Å². The molecule has 6 heteroatoms. The van der Waals surface area contributed by atoms with Crippen molar-refractivity contribution in [3.05, 3.63) is 46.6 Å². The lowest BCUT2D eigenvalue weighted by atomic mass is 9.92. The fraction of sp³-hybridized carbons (Fsp3) is 0.222. The second-order valence-corrected chi connectivity index (χ2v) is 5.62. The minimum absolute atomic E-state index is 0.0881. The summed E-state index contributed by atoms with van der Waals surface area (Å²) in [5, 5.41) is 12.2. The van der Waals surface area contributed by atoms with Gasteiger partial charge in [-0.1, -0.05) is 6.92 Å². The van der Waals surface area contributed by atoms with Crippen molar-refractivity contribution in [3.63, 3.8) is 0 Å². The van der Waals surface area contributed by atoms with Crippen LogP contribution in [0.25, 0.3) is 11.3 Å². The number of aryl methyl sites for hydroxylation is 1. The Morgan fingerprint density at radius 2 is 2.21 bits per heavy atom. The molecule has 0 spiro atoms. The first-order chi connectivity index (χ1) is 11.5. The number of nitrogens with one attached hydrogen (secondary N) is 1. The van der Waals surface area contributed by atoms with Gasteiger partial charge in [-0.05, 0) is 42.2 Å². The first-order valence-electron chi connectivity index (χ1n) is 7.70. The lowest BCUT2D eigenvalue weighted by Crippen LogP contribution is -2.20. The van der Waals surface area contributed by atoms with Crippen LogP contribution in [0.4, 0.5) is 5.69 Å². The summed E-state index contributed by atoms with van der Waals surface area (Å²) in [6.07, 6.45) is 3.09. The van der Waals surface area contributed by atoms with Gasteiger partial charge in [-0.2, -0.15) is 5.26 Å². The highest BCUT2D eigenvalue weighted by molar-refractivity contribution is 5.97. The molecule has 0 atom stereocenters. The fourth-order valence-corrected chi connectivity index (χ4v) is 3.05. The number of hydrogen-bond donors (Lipinski definition) is 2. The Labute approximate surface area is 139 Å². The summed E-state index contributed by atoms with van der Waals surface area (Å²) >= 11 is 0. The van der Waals surface area contributed by atoms with Crippen molar-refractivity contribution >= 4 is 17.5 Å². The van der Waals surface area contributed by atoms with E-state index in [1.165, 1.54) is 0 Å². The van der Waals surface area contributed by atoms with Crippen LogP contribution in [0.1, 0.15) is 40.4 Å². The number of rotatable bonds is 3. The molecule has 0 radical (unpaired) electrons. The van der Waals surface area contributed by atoms with Crippen LogP contribution in [-0.2, 0) is 17.6 Å². The Hall–Kier alpha value is -3.20. The monoisotopic (exact) mass is 320 g/mol. The van der Waals surface area contributed by atoms with Gasteiger partial charge in [0.1, 0.15) is 6.07 Å². The third kappa shape index (κ3) is 2.61. The molecule has 0 fully saturated rings. The molecule has 0 bridgehead atoms. The van der Waals surface area contributed by atoms with E-state index >= 15 is 0 Å². The lowest BCUT2D eigenvalue weighted by molar-refractivity contribution is -0.116. The number of nitrogens with zero attached hydrogens (tertiary/aromatic N) is 2. The summed E-state index contributed by atoms with van der Waals surface area (Å²) in [4.78, 5) is 27.6. The largest absolute Gasteiger partial charge is 0.366 e. The smallest absolute Gasteiger partial charge is 0.249 e. The van der Waals surface area contributed by atoms with Gasteiger partial charge < -0.3 is 11.1 Å². The van der Waals surface area contributed by atoms with Gasteiger partial charge in [0.25, 0.3) is 0 Å². The van der Waals surface area contributed by atoms with E-state index in [2.05, 4.69) is 16.4 Å². The summed E-state index contributed by atoms with van der Waals surface area (Å²) in [7, 11) is 0. The van der Waals surface area contributed by atoms with E-state index in [9.17, 15) is 14.9 Å². The molecular formula is C18H16N4O2. The number of carbonyl (C=O) groups is 2. The molecule has 1 aromatic heterocycles.